The summed E-state index contributed by atoms with van der Waals surface area (Å²) in [5.74, 6) is -5.42. The van der Waals surface area contributed by atoms with Gasteiger partial charge in [0.1, 0.15) is 13.7 Å². The van der Waals surface area contributed by atoms with E-state index in [-0.39, 0.29) is 6.16 Å². The van der Waals surface area contributed by atoms with Crippen LogP contribution >= 0.6 is 7.14 Å². The average molecular weight is 450 g/mol. The van der Waals surface area contributed by atoms with Crippen molar-refractivity contribution < 1.29 is 52.2 Å². The molecule has 0 aromatic carbocycles. The zero-order valence-corrected chi connectivity index (χ0v) is 18.6. The van der Waals surface area contributed by atoms with Crippen LogP contribution in [0.25, 0.3) is 0 Å². The summed E-state index contributed by atoms with van der Waals surface area (Å²) in [6, 6.07) is 0. The highest BCUT2D eigenvalue weighted by Crippen LogP contribution is 2.62. The summed E-state index contributed by atoms with van der Waals surface area (Å²) in [6.07, 6.45) is -4.40. The maximum absolute atomic E-state index is 14.0. The van der Waals surface area contributed by atoms with E-state index in [0.29, 0.717) is 0 Å². The molecule has 0 spiro atoms. The van der Waals surface area contributed by atoms with Crippen molar-refractivity contribution in [3.05, 3.63) is 0 Å². The van der Waals surface area contributed by atoms with Crippen LogP contribution in [0.2, 0.25) is 0 Å². The lowest BCUT2D eigenvalue weighted by Crippen LogP contribution is -2.61. The number of rotatable bonds is 7. The van der Waals surface area contributed by atoms with E-state index in [1.807, 2.05) is 0 Å². The van der Waals surface area contributed by atoms with Crippen LogP contribution in [0.4, 0.5) is 0 Å². The molecule has 170 valence electrons. The van der Waals surface area contributed by atoms with Crippen molar-refractivity contribution in [2.24, 2.45) is 0 Å². The Labute approximate surface area is 174 Å². The van der Waals surface area contributed by atoms with Gasteiger partial charge in [-0.25, -0.2) is 0 Å². The van der Waals surface area contributed by atoms with Crippen molar-refractivity contribution in [1.82, 2.24) is 0 Å². The summed E-state index contributed by atoms with van der Waals surface area (Å²) in [5.41, 5.74) is -1.17. The Bertz CT molecular complexity index is 746. The molecule has 6 atom stereocenters. The Kier molecular flexibility index (Phi) is 9.02. The highest BCUT2D eigenvalue weighted by atomic mass is 31.2. The lowest BCUT2D eigenvalue weighted by atomic mass is 10.0. The van der Waals surface area contributed by atoms with Crippen LogP contribution < -0.4 is 0 Å². The monoisotopic (exact) mass is 450 g/mol. The predicted molar refractivity (Wildman–Crippen MR) is 101 cm³/mol. The minimum absolute atomic E-state index is 0.0702. The van der Waals surface area contributed by atoms with E-state index in [2.05, 4.69) is 0 Å². The smallest absolute Gasteiger partial charge is 0.303 e. The fraction of sp³-hybridized carbons (Fsp3) is 0.722. The summed E-state index contributed by atoms with van der Waals surface area (Å²) >= 11 is 0. The van der Waals surface area contributed by atoms with Crippen LogP contribution in [0.3, 0.4) is 0 Å². The van der Waals surface area contributed by atoms with Crippen molar-refractivity contribution in [2.45, 2.75) is 71.4 Å². The molecule has 0 bridgehead atoms. The van der Waals surface area contributed by atoms with E-state index in [9.17, 15) is 28.5 Å². The first kappa shape index (κ1) is 25.6. The molecule has 1 aliphatic heterocycles. The van der Waals surface area contributed by atoms with Gasteiger partial charge in [-0.1, -0.05) is 6.92 Å². The van der Waals surface area contributed by atoms with Crippen molar-refractivity contribution >= 4 is 37.0 Å². The summed E-state index contributed by atoms with van der Waals surface area (Å²) in [5, 5.41) is 0. The Hall–Kier alpha value is -2.42. The molecule has 11 nitrogen and oxygen atoms in total. The van der Waals surface area contributed by atoms with Crippen LogP contribution in [0.5, 0.6) is 0 Å². The second-order valence-electron chi connectivity index (χ2n) is 6.76. The molecule has 0 amide bonds. The van der Waals surface area contributed by atoms with Gasteiger partial charge < -0.3 is 28.2 Å². The normalized spacial score (nSPS) is 30.5. The lowest BCUT2D eigenvalue weighted by Gasteiger charge is -2.47. The summed E-state index contributed by atoms with van der Waals surface area (Å²) in [7, 11) is -3.70. The van der Waals surface area contributed by atoms with E-state index in [1.54, 1.807) is 6.92 Å². The molecule has 0 N–H and O–H groups in total. The summed E-state index contributed by atoms with van der Waals surface area (Å²) < 4.78 is 40.1. The molecule has 12 heteroatoms. The maximum Gasteiger partial charge on any atom is 0.303 e. The van der Waals surface area contributed by atoms with Crippen LogP contribution in [0.15, 0.2) is 0 Å². The predicted octanol–water partition coefficient (Wildman–Crippen LogP) is 0.999. The van der Waals surface area contributed by atoms with Crippen molar-refractivity contribution in [3.63, 3.8) is 0 Å². The number of ether oxygens (including phenoxy) is 5. The van der Waals surface area contributed by atoms with Gasteiger partial charge in [0, 0.05) is 40.8 Å². The van der Waals surface area contributed by atoms with Gasteiger partial charge in [0.15, 0.2) is 24.2 Å². The van der Waals surface area contributed by atoms with E-state index >= 15 is 0 Å². The molecule has 0 radical (unpaired) electrons. The molecule has 0 aromatic heterocycles. The molecule has 0 aromatic rings. The minimum atomic E-state index is -3.70. The maximum atomic E-state index is 14.0. The fourth-order valence-corrected chi connectivity index (χ4v) is 6.71. The number of carbonyl (C=O) groups excluding carboxylic acids is 5. The van der Waals surface area contributed by atoms with Gasteiger partial charge in [0.25, 0.3) is 0 Å². The second-order valence-corrected chi connectivity index (χ2v) is 10.3. The average Bonchev–Trinajstić information content (AvgIpc) is 2.59. The van der Waals surface area contributed by atoms with Crippen LogP contribution in [0, 0.1) is 0 Å². The fourth-order valence-electron chi connectivity index (χ4n) is 3.40. The van der Waals surface area contributed by atoms with E-state index in [1.165, 1.54) is 0 Å². The molecule has 1 aliphatic rings. The van der Waals surface area contributed by atoms with Crippen LogP contribution in [-0.4, -0.2) is 72.4 Å². The molecule has 1 heterocycles. The largest absolute Gasteiger partial charge is 0.465 e. The Morgan fingerprint density at radius 1 is 0.667 bits per heavy atom. The molecule has 30 heavy (non-hydrogen) atoms. The van der Waals surface area contributed by atoms with Gasteiger partial charge in [-0.15, -0.1) is 0 Å². The topological polar surface area (TPSA) is 149 Å². The number of hydrogen-bond donors (Lipinski definition) is 0. The van der Waals surface area contributed by atoms with Gasteiger partial charge in [-0.2, -0.15) is 0 Å². The first-order chi connectivity index (χ1) is 13.8. The van der Waals surface area contributed by atoms with E-state index in [4.69, 9.17) is 23.7 Å². The molecular weight excluding hydrogens is 423 g/mol. The number of carbonyl (C=O) groups is 5. The van der Waals surface area contributed by atoms with E-state index < -0.39 is 73.4 Å². The summed E-state index contributed by atoms with van der Waals surface area (Å²) in [6.45, 7) is 6.52. The standard InChI is InChI=1S/C18H27O11P/c1-7-30(24)14(8-25-9(2)19)15(26-10(3)20)16(27-11(4)21)17(28-12(5)22)18(30)29-13(6)23/h14-18H,7-8H2,1-6H3/t14-,15-,16+,17-,18-,30-/m1/s1. The first-order valence-electron chi connectivity index (χ1n) is 9.24. The van der Waals surface area contributed by atoms with Gasteiger partial charge in [-0.3, -0.25) is 24.0 Å². The second kappa shape index (κ2) is 10.6. The van der Waals surface area contributed by atoms with Gasteiger partial charge >= 0.3 is 29.8 Å². The number of esters is 5. The molecular formula is C18H27O11P. The molecule has 1 fully saturated rings. The quantitative estimate of drug-likeness (QED) is 0.311. The van der Waals surface area contributed by atoms with Gasteiger partial charge in [0.05, 0.1) is 5.66 Å². The third-order valence-corrected chi connectivity index (χ3v) is 8.26. The van der Waals surface area contributed by atoms with Gasteiger partial charge in [0.2, 0.25) is 0 Å². The first-order valence-corrected chi connectivity index (χ1v) is 11.3. The SMILES string of the molecule is CC[P@@]1(=O)[C@H](COC(C)=O)[C@@H](OC(C)=O)[C@H](OC(C)=O)[C@@H](OC(C)=O)[C@@H]1OC(C)=O. The Morgan fingerprint density at radius 3 is 1.50 bits per heavy atom. The van der Waals surface area contributed by atoms with Crippen molar-refractivity contribution in [1.29, 1.82) is 0 Å². The summed E-state index contributed by atoms with van der Waals surface area (Å²) in [4.78, 5) is 58.4. The third kappa shape index (κ3) is 6.29. The highest BCUT2D eigenvalue weighted by molar-refractivity contribution is 7.65. The van der Waals surface area contributed by atoms with Crippen molar-refractivity contribution in [2.75, 3.05) is 12.8 Å². The zero-order chi connectivity index (χ0) is 23.2. The van der Waals surface area contributed by atoms with Crippen molar-refractivity contribution in [3.8, 4) is 0 Å². The molecule has 0 saturated carbocycles. The van der Waals surface area contributed by atoms with Crippen LogP contribution in [-0.2, 0) is 52.2 Å². The molecule has 1 saturated heterocycles. The third-order valence-electron chi connectivity index (χ3n) is 4.44. The highest BCUT2D eigenvalue weighted by Gasteiger charge is 2.62. The van der Waals surface area contributed by atoms with Gasteiger partial charge in [-0.05, 0) is 0 Å². The molecule has 0 aliphatic carbocycles. The Morgan fingerprint density at radius 2 is 1.10 bits per heavy atom. The lowest BCUT2D eigenvalue weighted by molar-refractivity contribution is -0.197. The molecule has 1 rings (SSSR count). The van der Waals surface area contributed by atoms with E-state index in [0.717, 1.165) is 34.6 Å². The zero-order valence-electron chi connectivity index (χ0n) is 17.7. The molecule has 0 unspecified atom stereocenters. The Balaban J connectivity index is 3.69. The minimum Gasteiger partial charge on any atom is -0.465 e. The van der Waals surface area contributed by atoms with Crippen LogP contribution in [0.1, 0.15) is 41.5 Å². The number of hydrogen-bond acceptors (Lipinski definition) is 11.